The number of methoxy groups -OCH3 is 1. The third-order valence-electron chi connectivity index (χ3n) is 3.69. The Kier molecular flexibility index (Phi) is 7.74. The Hall–Kier alpha value is -2.76. The molecule has 2 aromatic rings. The first kappa shape index (κ1) is 19.6. The number of hydrogen-bond donors (Lipinski definition) is 1. The quantitative estimate of drug-likeness (QED) is 0.657. The monoisotopic (exact) mass is 361 g/mol. The molecule has 0 bridgehead atoms. The number of hydrogen-bond acceptors (Lipinski definition) is 4. The average molecular weight is 361 g/mol. The Morgan fingerprint density at radius 1 is 1.00 bits per heavy atom. The van der Waals surface area contributed by atoms with Gasteiger partial charge in [-0.05, 0) is 68.3 Å². The number of ether oxygens (including phenoxy) is 3. The highest BCUT2D eigenvalue weighted by Crippen LogP contribution is 2.18. The summed E-state index contributed by atoms with van der Waals surface area (Å²) in [4.78, 5) is 12.0. The molecule has 1 amide bonds. The summed E-state index contributed by atoms with van der Waals surface area (Å²) in [6.45, 7) is 2.76. The van der Waals surface area contributed by atoms with E-state index in [9.17, 15) is 9.18 Å². The maximum absolute atomic E-state index is 12.8. The highest BCUT2D eigenvalue weighted by molar-refractivity contribution is 5.80. The molecule has 0 radical (unpaired) electrons. The second-order valence-electron chi connectivity index (χ2n) is 5.74. The minimum atomic E-state index is -0.584. The van der Waals surface area contributed by atoms with Crippen LogP contribution in [0.4, 0.5) is 4.39 Å². The SMILES string of the molecule is COc1ccc(OC(C)C(=O)NCCCCOc2ccc(F)cc2)cc1. The summed E-state index contributed by atoms with van der Waals surface area (Å²) < 4.78 is 29.0. The fourth-order valence-corrected chi connectivity index (χ4v) is 2.22. The number of carbonyl (C=O) groups is 1. The normalized spacial score (nSPS) is 11.5. The van der Waals surface area contributed by atoms with E-state index in [1.165, 1.54) is 12.1 Å². The number of amides is 1. The molecule has 1 atom stereocenters. The minimum Gasteiger partial charge on any atom is -0.497 e. The zero-order chi connectivity index (χ0) is 18.8. The molecule has 0 saturated heterocycles. The molecule has 0 heterocycles. The zero-order valence-corrected chi connectivity index (χ0v) is 15.0. The largest absolute Gasteiger partial charge is 0.497 e. The van der Waals surface area contributed by atoms with Crippen LogP contribution < -0.4 is 19.5 Å². The first-order valence-electron chi connectivity index (χ1n) is 8.55. The molecule has 140 valence electrons. The smallest absolute Gasteiger partial charge is 0.260 e. The third kappa shape index (κ3) is 6.63. The number of benzene rings is 2. The fraction of sp³-hybridized carbons (Fsp3) is 0.350. The van der Waals surface area contributed by atoms with Gasteiger partial charge in [-0.25, -0.2) is 4.39 Å². The van der Waals surface area contributed by atoms with E-state index < -0.39 is 6.10 Å². The first-order chi connectivity index (χ1) is 12.6. The molecule has 6 heteroatoms. The van der Waals surface area contributed by atoms with E-state index in [1.807, 2.05) is 0 Å². The lowest BCUT2D eigenvalue weighted by Crippen LogP contribution is -2.36. The Labute approximate surface area is 153 Å². The lowest BCUT2D eigenvalue weighted by atomic mass is 10.3. The first-order valence-corrected chi connectivity index (χ1v) is 8.55. The van der Waals surface area contributed by atoms with Gasteiger partial charge in [-0.2, -0.15) is 0 Å². The Morgan fingerprint density at radius 2 is 1.62 bits per heavy atom. The van der Waals surface area contributed by atoms with Crippen LogP contribution in [0.5, 0.6) is 17.2 Å². The molecule has 1 N–H and O–H groups in total. The molecule has 2 rings (SSSR count). The minimum absolute atomic E-state index is 0.166. The Balaban J connectivity index is 1.59. The second-order valence-corrected chi connectivity index (χ2v) is 5.74. The summed E-state index contributed by atoms with van der Waals surface area (Å²) in [5.41, 5.74) is 0. The van der Waals surface area contributed by atoms with Gasteiger partial charge >= 0.3 is 0 Å². The summed E-state index contributed by atoms with van der Waals surface area (Å²) in [7, 11) is 1.59. The number of halogens is 1. The molecule has 5 nitrogen and oxygen atoms in total. The highest BCUT2D eigenvalue weighted by atomic mass is 19.1. The van der Waals surface area contributed by atoms with Gasteiger partial charge in [0, 0.05) is 6.54 Å². The van der Waals surface area contributed by atoms with Crippen molar-refractivity contribution >= 4 is 5.91 Å². The van der Waals surface area contributed by atoms with Crippen molar-refractivity contribution < 1.29 is 23.4 Å². The van der Waals surface area contributed by atoms with Gasteiger partial charge in [0.15, 0.2) is 6.10 Å². The van der Waals surface area contributed by atoms with Crippen LogP contribution in [-0.2, 0) is 4.79 Å². The van der Waals surface area contributed by atoms with Gasteiger partial charge in [-0.15, -0.1) is 0 Å². The van der Waals surface area contributed by atoms with Gasteiger partial charge in [0.1, 0.15) is 23.1 Å². The van der Waals surface area contributed by atoms with Crippen molar-refractivity contribution in [3.05, 3.63) is 54.3 Å². The number of carbonyl (C=O) groups excluding carboxylic acids is 1. The summed E-state index contributed by atoms with van der Waals surface area (Å²) in [6.07, 6.45) is 0.979. The molecule has 0 aliphatic heterocycles. The third-order valence-corrected chi connectivity index (χ3v) is 3.69. The van der Waals surface area contributed by atoms with E-state index in [0.29, 0.717) is 24.7 Å². The van der Waals surface area contributed by atoms with Gasteiger partial charge in [0.25, 0.3) is 5.91 Å². The Morgan fingerprint density at radius 3 is 2.27 bits per heavy atom. The second kappa shape index (κ2) is 10.3. The van der Waals surface area contributed by atoms with Crippen LogP contribution in [0, 0.1) is 5.82 Å². The molecule has 0 aromatic heterocycles. The highest BCUT2D eigenvalue weighted by Gasteiger charge is 2.13. The van der Waals surface area contributed by atoms with Crippen molar-refractivity contribution in [3.63, 3.8) is 0 Å². The van der Waals surface area contributed by atoms with E-state index in [1.54, 1.807) is 50.4 Å². The van der Waals surface area contributed by atoms with E-state index in [4.69, 9.17) is 14.2 Å². The summed E-state index contributed by atoms with van der Waals surface area (Å²) in [5.74, 6) is 1.53. The van der Waals surface area contributed by atoms with E-state index in [0.717, 1.165) is 18.6 Å². The van der Waals surface area contributed by atoms with Gasteiger partial charge in [-0.3, -0.25) is 4.79 Å². The molecule has 0 aliphatic carbocycles. The summed E-state index contributed by atoms with van der Waals surface area (Å²) in [5, 5.41) is 2.84. The van der Waals surface area contributed by atoms with Crippen LogP contribution >= 0.6 is 0 Å². The van der Waals surface area contributed by atoms with Crippen molar-refractivity contribution in [3.8, 4) is 17.2 Å². The lowest BCUT2D eigenvalue weighted by molar-refractivity contribution is -0.127. The topological polar surface area (TPSA) is 56.8 Å². The maximum Gasteiger partial charge on any atom is 0.260 e. The van der Waals surface area contributed by atoms with Gasteiger partial charge in [0.05, 0.1) is 13.7 Å². The molecule has 0 fully saturated rings. The molecule has 0 saturated carbocycles. The fourth-order valence-electron chi connectivity index (χ4n) is 2.22. The number of rotatable bonds is 10. The van der Waals surface area contributed by atoms with Crippen LogP contribution in [0.25, 0.3) is 0 Å². The lowest BCUT2D eigenvalue weighted by Gasteiger charge is -2.15. The van der Waals surface area contributed by atoms with E-state index >= 15 is 0 Å². The van der Waals surface area contributed by atoms with Gasteiger partial charge < -0.3 is 19.5 Å². The average Bonchev–Trinajstić information content (AvgIpc) is 2.66. The molecule has 0 aliphatic rings. The number of unbranched alkanes of at least 4 members (excludes halogenated alkanes) is 1. The zero-order valence-electron chi connectivity index (χ0n) is 15.0. The standard InChI is InChI=1S/C20H24FNO4/c1-15(26-19-11-9-17(24-2)10-12-19)20(23)22-13-3-4-14-25-18-7-5-16(21)6-8-18/h5-12,15H,3-4,13-14H2,1-2H3,(H,22,23). The van der Waals surface area contributed by atoms with Crippen molar-refractivity contribution in [1.82, 2.24) is 5.32 Å². The van der Waals surface area contributed by atoms with Crippen molar-refractivity contribution in [2.24, 2.45) is 0 Å². The molecule has 1 unspecified atom stereocenters. The van der Waals surface area contributed by atoms with Crippen LogP contribution in [0.15, 0.2) is 48.5 Å². The van der Waals surface area contributed by atoms with Crippen molar-refractivity contribution in [2.75, 3.05) is 20.3 Å². The van der Waals surface area contributed by atoms with Crippen molar-refractivity contribution in [2.45, 2.75) is 25.9 Å². The molecule has 26 heavy (non-hydrogen) atoms. The van der Waals surface area contributed by atoms with Crippen LogP contribution in [0.1, 0.15) is 19.8 Å². The van der Waals surface area contributed by atoms with E-state index in [-0.39, 0.29) is 11.7 Å². The molecular weight excluding hydrogens is 337 g/mol. The van der Waals surface area contributed by atoms with Crippen LogP contribution in [0.3, 0.4) is 0 Å². The van der Waals surface area contributed by atoms with Gasteiger partial charge in [0.2, 0.25) is 0 Å². The predicted octanol–water partition coefficient (Wildman–Crippen LogP) is 3.58. The van der Waals surface area contributed by atoms with Gasteiger partial charge in [-0.1, -0.05) is 0 Å². The molecule has 2 aromatic carbocycles. The molecular formula is C20H24FNO4. The van der Waals surface area contributed by atoms with E-state index in [2.05, 4.69) is 5.32 Å². The molecule has 0 spiro atoms. The Bertz CT molecular complexity index is 673. The van der Waals surface area contributed by atoms with Crippen LogP contribution in [-0.4, -0.2) is 32.3 Å². The predicted molar refractivity (Wildman–Crippen MR) is 97.2 cm³/mol. The number of nitrogens with one attached hydrogen (secondary N) is 1. The summed E-state index contributed by atoms with van der Waals surface area (Å²) >= 11 is 0. The van der Waals surface area contributed by atoms with Crippen molar-refractivity contribution in [1.29, 1.82) is 0 Å². The summed E-state index contributed by atoms with van der Waals surface area (Å²) in [6, 6.07) is 13.0. The maximum atomic E-state index is 12.8. The van der Waals surface area contributed by atoms with Crippen LogP contribution in [0.2, 0.25) is 0 Å².